The second-order valence-corrected chi connectivity index (χ2v) is 8.95. The van der Waals surface area contributed by atoms with E-state index in [0.717, 1.165) is 43.0 Å². The number of nitrogens with one attached hydrogen (secondary N) is 1. The summed E-state index contributed by atoms with van der Waals surface area (Å²) in [6.45, 7) is 8.67. The fraction of sp³-hybridized carbons (Fsp3) is 0.696. The van der Waals surface area contributed by atoms with Crippen LogP contribution in [0.5, 0.6) is 5.75 Å². The average molecular weight is 387 g/mol. The molecule has 1 aromatic rings. The standard InChI is InChI=1S/C23H34N2O3/c1-15(2)25-13-19(28-16(25)3)14-27-18-9-7-17(8-10-18)23(26)24-12-11-22-20-5-4-6-21(20)22/h7-10,15-16,19-22H,4-6,11-14H2,1-3H3,(H,24,26). The number of fused-ring (bicyclic) bond motifs is 1. The van der Waals surface area contributed by atoms with Crippen molar-refractivity contribution in [1.82, 2.24) is 10.2 Å². The summed E-state index contributed by atoms with van der Waals surface area (Å²) in [5, 5.41) is 3.07. The minimum atomic E-state index is 0.0119. The van der Waals surface area contributed by atoms with Crippen LogP contribution in [0.15, 0.2) is 24.3 Å². The lowest BCUT2D eigenvalue weighted by Gasteiger charge is -2.22. The second kappa shape index (κ2) is 8.42. The van der Waals surface area contributed by atoms with E-state index in [1.165, 1.54) is 19.3 Å². The molecule has 0 aromatic heterocycles. The van der Waals surface area contributed by atoms with Gasteiger partial charge in [0.2, 0.25) is 0 Å². The molecular formula is C23H34N2O3. The van der Waals surface area contributed by atoms with Crippen LogP contribution in [-0.4, -0.2) is 48.9 Å². The second-order valence-electron chi connectivity index (χ2n) is 8.95. The number of nitrogens with zero attached hydrogens (tertiary/aromatic N) is 1. The fourth-order valence-corrected chi connectivity index (χ4v) is 5.25. The molecule has 154 valence electrons. The van der Waals surface area contributed by atoms with Gasteiger partial charge in [0.1, 0.15) is 24.7 Å². The van der Waals surface area contributed by atoms with Gasteiger partial charge in [-0.3, -0.25) is 9.69 Å². The topological polar surface area (TPSA) is 50.8 Å². The third kappa shape index (κ3) is 4.36. The third-order valence-electron chi connectivity index (χ3n) is 6.83. The van der Waals surface area contributed by atoms with Crippen LogP contribution in [0.4, 0.5) is 0 Å². The van der Waals surface area contributed by atoms with E-state index in [2.05, 4.69) is 31.0 Å². The van der Waals surface area contributed by atoms with E-state index in [4.69, 9.17) is 9.47 Å². The largest absolute Gasteiger partial charge is 0.491 e. The number of benzene rings is 1. The maximum Gasteiger partial charge on any atom is 0.251 e. The zero-order valence-electron chi connectivity index (χ0n) is 17.4. The Balaban J connectivity index is 1.18. The Morgan fingerprint density at radius 2 is 1.96 bits per heavy atom. The number of rotatable bonds is 8. The maximum absolute atomic E-state index is 12.3. The first-order valence-electron chi connectivity index (χ1n) is 10.9. The van der Waals surface area contributed by atoms with Gasteiger partial charge in [0.25, 0.3) is 5.91 Å². The Hall–Kier alpha value is -1.59. The van der Waals surface area contributed by atoms with E-state index in [1.807, 2.05) is 24.3 Å². The molecule has 5 heteroatoms. The van der Waals surface area contributed by atoms with Gasteiger partial charge in [0, 0.05) is 24.7 Å². The lowest BCUT2D eigenvalue weighted by molar-refractivity contribution is -0.00926. The van der Waals surface area contributed by atoms with Crippen molar-refractivity contribution in [2.75, 3.05) is 19.7 Å². The molecule has 1 saturated heterocycles. The van der Waals surface area contributed by atoms with E-state index in [9.17, 15) is 4.79 Å². The highest BCUT2D eigenvalue weighted by molar-refractivity contribution is 5.94. The van der Waals surface area contributed by atoms with Gasteiger partial charge in [0.05, 0.1) is 0 Å². The van der Waals surface area contributed by atoms with Gasteiger partial charge in [-0.05, 0) is 82.1 Å². The fourth-order valence-electron chi connectivity index (χ4n) is 5.25. The van der Waals surface area contributed by atoms with Gasteiger partial charge in [-0.25, -0.2) is 0 Å². The van der Waals surface area contributed by atoms with Gasteiger partial charge in [-0.2, -0.15) is 0 Å². The number of carbonyl (C=O) groups is 1. The van der Waals surface area contributed by atoms with E-state index in [0.29, 0.717) is 18.2 Å². The Morgan fingerprint density at radius 3 is 2.61 bits per heavy atom. The van der Waals surface area contributed by atoms with Crippen LogP contribution >= 0.6 is 0 Å². The summed E-state index contributed by atoms with van der Waals surface area (Å²) in [6, 6.07) is 7.90. The van der Waals surface area contributed by atoms with Crippen LogP contribution in [0.1, 0.15) is 56.8 Å². The molecule has 2 saturated carbocycles. The summed E-state index contributed by atoms with van der Waals surface area (Å²) < 4.78 is 11.8. The highest BCUT2D eigenvalue weighted by Gasteiger charge is 2.51. The van der Waals surface area contributed by atoms with Crippen LogP contribution in [0.2, 0.25) is 0 Å². The predicted molar refractivity (Wildman–Crippen MR) is 109 cm³/mol. The number of amides is 1. The number of hydrogen-bond acceptors (Lipinski definition) is 4. The van der Waals surface area contributed by atoms with E-state index in [-0.39, 0.29) is 18.2 Å². The molecule has 1 N–H and O–H groups in total. The molecule has 5 nitrogen and oxygen atoms in total. The quantitative estimate of drug-likeness (QED) is 0.740. The zero-order chi connectivity index (χ0) is 19.7. The monoisotopic (exact) mass is 386 g/mol. The molecule has 0 radical (unpaired) electrons. The van der Waals surface area contributed by atoms with Crippen molar-refractivity contribution < 1.29 is 14.3 Å². The summed E-state index contributed by atoms with van der Waals surface area (Å²) >= 11 is 0. The van der Waals surface area contributed by atoms with Crippen molar-refractivity contribution in [2.45, 2.75) is 64.8 Å². The summed E-state index contributed by atoms with van der Waals surface area (Å²) in [7, 11) is 0. The van der Waals surface area contributed by atoms with Crippen molar-refractivity contribution in [1.29, 1.82) is 0 Å². The van der Waals surface area contributed by atoms with Crippen LogP contribution in [-0.2, 0) is 4.74 Å². The smallest absolute Gasteiger partial charge is 0.251 e. The van der Waals surface area contributed by atoms with E-state index in [1.54, 1.807) is 0 Å². The molecule has 28 heavy (non-hydrogen) atoms. The summed E-state index contributed by atoms with van der Waals surface area (Å²) in [4.78, 5) is 14.7. The molecule has 3 fully saturated rings. The lowest BCUT2D eigenvalue weighted by Crippen LogP contribution is -2.34. The minimum Gasteiger partial charge on any atom is -0.491 e. The van der Waals surface area contributed by atoms with E-state index >= 15 is 0 Å². The van der Waals surface area contributed by atoms with Crippen LogP contribution < -0.4 is 10.1 Å². The molecule has 4 atom stereocenters. The molecule has 0 spiro atoms. The highest BCUT2D eigenvalue weighted by atomic mass is 16.6. The van der Waals surface area contributed by atoms with Crippen molar-refractivity contribution in [3.63, 3.8) is 0 Å². The molecule has 4 unspecified atom stereocenters. The molecular weight excluding hydrogens is 352 g/mol. The zero-order valence-corrected chi connectivity index (χ0v) is 17.4. The Kier molecular flexibility index (Phi) is 5.93. The molecule has 2 aliphatic carbocycles. The van der Waals surface area contributed by atoms with Gasteiger partial charge < -0.3 is 14.8 Å². The molecule has 4 rings (SSSR count). The third-order valence-corrected chi connectivity index (χ3v) is 6.83. The van der Waals surface area contributed by atoms with E-state index < -0.39 is 0 Å². The average Bonchev–Trinajstić information content (AvgIpc) is 3.02. The molecule has 1 heterocycles. The van der Waals surface area contributed by atoms with Gasteiger partial charge in [-0.15, -0.1) is 0 Å². The molecule has 3 aliphatic rings. The van der Waals surface area contributed by atoms with Crippen LogP contribution in [0, 0.1) is 17.8 Å². The van der Waals surface area contributed by atoms with Crippen LogP contribution in [0.25, 0.3) is 0 Å². The minimum absolute atomic E-state index is 0.0119. The summed E-state index contributed by atoms with van der Waals surface area (Å²) in [6.07, 6.45) is 5.58. The Labute approximate surface area is 168 Å². The SMILES string of the molecule is CC(C)N1CC(COc2ccc(C(=O)NCCC3C4CCCC43)cc2)OC1C. The molecule has 0 bridgehead atoms. The predicted octanol–water partition coefficient (Wildman–Crippen LogP) is 3.69. The van der Waals surface area contributed by atoms with Crippen molar-refractivity contribution in [3.8, 4) is 5.75 Å². The van der Waals surface area contributed by atoms with Crippen molar-refractivity contribution in [2.24, 2.45) is 17.8 Å². The molecule has 1 aromatic carbocycles. The summed E-state index contributed by atoms with van der Waals surface area (Å²) in [5.74, 6) is 3.59. The normalized spacial score (nSPS) is 31.8. The number of carbonyl (C=O) groups excluding carboxylic acids is 1. The Bertz CT molecular complexity index is 665. The van der Waals surface area contributed by atoms with Crippen molar-refractivity contribution >= 4 is 5.91 Å². The molecule has 1 aliphatic heterocycles. The number of ether oxygens (including phenoxy) is 2. The van der Waals surface area contributed by atoms with Gasteiger partial charge in [0.15, 0.2) is 0 Å². The van der Waals surface area contributed by atoms with Crippen LogP contribution in [0.3, 0.4) is 0 Å². The van der Waals surface area contributed by atoms with Gasteiger partial charge in [-0.1, -0.05) is 6.42 Å². The van der Waals surface area contributed by atoms with Crippen molar-refractivity contribution in [3.05, 3.63) is 29.8 Å². The molecule has 1 amide bonds. The highest BCUT2D eigenvalue weighted by Crippen LogP contribution is 2.58. The maximum atomic E-state index is 12.3. The van der Waals surface area contributed by atoms with Gasteiger partial charge >= 0.3 is 0 Å². The first-order valence-corrected chi connectivity index (χ1v) is 10.9. The first kappa shape index (κ1) is 19.7. The first-order chi connectivity index (χ1) is 13.5. The summed E-state index contributed by atoms with van der Waals surface area (Å²) in [5.41, 5.74) is 0.695. The Morgan fingerprint density at radius 1 is 1.25 bits per heavy atom. The lowest BCUT2D eigenvalue weighted by atomic mass is 10.1. The number of hydrogen-bond donors (Lipinski definition) is 1.